The van der Waals surface area contributed by atoms with Crippen molar-refractivity contribution >= 4 is 12.0 Å². The second kappa shape index (κ2) is 12.9. The summed E-state index contributed by atoms with van der Waals surface area (Å²) in [5.74, 6) is 2.09. The number of aromatic nitrogens is 6. The molecule has 5 aromatic rings. The third-order valence-electron chi connectivity index (χ3n) is 8.68. The largest absolute Gasteiger partial charge is 0.453 e. The second-order valence-electron chi connectivity index (χ2n) is 11.6. The maximum atomic E-state index is 13.8. The van der Waals surface area contributed by atoms with E-state index < -0.39 is 12.1 Å². The van der Waals surface area contributed by atoms with E-state index in [-0.39, 0.29) is 18.0 Å². The lowest BCUT2D eigenvalue weighted by Crippen LogP contribution is -2.42. The number of ether oxygens (including phenoxy) is 1. The first-order valence-electron chi connectivity index (χ1n) is 15.5. The van der Waals surface area contributed by atoms with Gasteiger partial charge in [0.25, 0.3) is 5.91 Å². The summed E-state index contributed by atoms with van der Waals surface area (Å²) < 4.78 is 4.80. The fraction of sp³-hybridized carbons (Fsp3) is 0.294. The maximum Gasteiger partial charge on any atom is 0.407 e. The maximum absolute atomic E-state index is 13.8. The van der Waals surface area contributed by atoms with Crippen molar-refractivity contribution in [2.75, 3.05) is 20.2 Å². The first-order valence-corrected chi connectivity index (χ1v) is 15.5. The van der Waals surface area contributed by atoms with Crippen molar-refractivity contribution in [2.24, 2.45) is 0 Å². The summed E-state index contributed by atoms with van der Waals surface area (Å²) in [5.41, 5.74) is 5.17. The number of hydrogen-bond donors (Lipinski definition) is 4. The smallest absolute Gasteiger partial charge is 0.407 e. The molecule has 46 heavy (non-hydrogen) atoms. The number of aromatic amines is 2. The Morgan fingerprint density at radius 1 is 0.826 bits per heavy atom. The molecule has 0 spiro atoms. The van der Waals surface area contributed by atoms with E-state index in [0.717, 1.165) is 66.1 Å². The minimum absolute atomic E-state index is 0.203. The number of nitrogens with zero attached hydrogens (tertiary/aromatic N) is 5. The molecule has 2 aliphatic rings. The van der Waals surface area contributed by atoms with Crippen LogP contribution in [0.4, 0.5) is 4.79 Å². The topological polar surface area (TPSA) is 154 Å². The summed E-state index contributed by atoms with van der Waals surface area (Å²) >= 11 is 0. The van der Waals surface area contributed by atoms with E-state index in [0.29, 0.717) is 23.8 Å². The number of alkyl carbamates (subject to hydrolysis) is 1. The molecule has 4 N–H and O–H groups in total. The van der Waals surface area contributed by atoms with Crippen molar-refractivity contribution < 1.29 is 14.3 Å². The van der Waals surface area contributed by atoms with Crippen molar-refractivity contribution in [3.63, 3.8) is 0 Å². The van der Waals surface area contributed by atoms with Crippen LogP contribution in [0.3, 0.4) is 0 Å². The minimum atomic E-state index is -0.862. The first-order chi connectivity index (χ1) is 22.6. The molecule has 5 heterocycles. The Bertz CT molecular complexity index is 1800. The van der Waals surface area contributed by atoms with Gasteiger partial charge in [0.05, 0.1) is 43.0 Å². The number of H-pyrrole nitrogens is 2. The molecule has 0 saturated carbocycles. The van der Waals surface area contributed by atoms with Gasteiger partial charge in [0.15, 0.2) is 5.82 Å². The lowest BCUT2D eigenvalue weighted by atomic mass is 10.1. The molecule has 3 aromatic heterocycles. The predicted molar refractivity (Wildman–Crippen MR) is 171 cm³/mol. The SMILES string of the molecule is COC(=O)N[C@@H](C(=O)N1CCCC1c1ncc(-c2ccc(-c3ncc(-c4cnc(C5CCCN5)[nH]4)cn3)cc2)[nH]1)c1ccccc1. The lowest BCUT2D eigenvalue weighted by Gasteiger charge is -2.28. The molecule has 0 aliphatic carbocycles. The number of benzene rings is 2. The van der Waals surface area contributed by atoms with Crippen LogP contribution in [0, 0.1) is 0 Å². The Balaban J connectivity index is 1.04. The first kappa shape index (κ1) is 29.4. The van der Waals surface area contributed by atoms with Crippen LogP contribution in [-0.4, -0.2) is 67.0 Å². The van der Waals surface area contributed by atoms with Gasteiger partial charge < -0.3 is 30.2 Å². The minimum Gasteiger partial charge on any atom is -0.453 e. The molecule has 2 aliphatic heterocycles. The highest BCUT2D eigenvalue weighted by molar-refractivity contribution is 5.87. The number of hydrogen-bond acceptors (Lipinski definition) is 8. The standard InChI is InChI=1S/C34H35N9O3/c1-46-34(45)42-29(22-7-3-2-4-8-22)33(44)43-16-6-10-28(43)32-39-19-26(41-32)21-11-13-23(14-12-21)30-36-17-24(18-37-30)27-20-38-31(40-27)25-9-5-15-35-25/h2-4,7-8,11-14,17-20,25,28-29,35H,5-6,9-10,15-16H2,1H3,(H,38,40)(H,39,41)(H,42,45)/t25?,28?,29-/m1/s1. The molecule has 2 unspecified atom stereocenters. The van der Waals surface area contributed by atoms with Gasteiger partial charge in [0.2, 0.25) is 0 Å². The average Bonchev–Trinajstić information content (AvgIpc) is 3.94. The summed E-state index contributed by atoms with van der Waals surface area (Å²) in [6.45, 7) is 1.59. The number of likely N-dealkylation sites (tertiary alicyclic amines) is 1. The normalized spacial score (nSPS) is 18.4. The Hall–Kier alpha value is -5.36. The molecule has 12 nitrogen and oxygen atoms in total. The van der Waals surface area contributed by atoms with Crippen molar-refractivity contribution in [3.05, 3.63) is 96.6 Å². The van der Waals surface area contributed by atoms with Gasteiger partial charge in [-0.05, 0) is 43.4 Å². The molecule has 2 fully saturated rings. The van der Waals surface area contributed by atoms with Gasteiger partial charge >= 0.3 is 6.09 Å². The van der Waals surface area contributed by atoms with Crippen LogP contribution in [0.25, 0.3) is 33.9 Å². The third-order valence-corrected chi connectivity index (χ3v) is 8.68. The third kappa shape index (κ3) is 5.98. The van der Waals surface area contributed by atoms with Crippen molar-refractivity contribution in [1.29, 1.82) is 0 Å². The van der Waals surface area contributed by atoms with Crippen molar-refractivity contribution in [1.82, 2.24) is 45.4 Å². The fourth-order valence-corrected chi connectivity index (χ4v) is 6.24. The molecule has 7 rings (SSSR count). The number of nitrogens with one attached hydrogen (secondary N) is 4. The molecule has 3 atom stereocenters. The summed E-state index contributed by atoms with van der Waals surface area (Å²) in [6.07, 6.45) is 10.4. The lowest BCUT2D eigenvalue weighted by molar-refractivity contribution is -0.134. The van der Waals surface area contributed by atoms with Crippen LogP contribution in [0.15, 0.2) is 79.4 Å². The number of imidazole rings is 2. The van der Waals surface area contributed by atoms with Crippen molar-refractivity contribution in [2.45, 2.75) is 43.8 Å². The molecule has 12 heteroatoms. The Labute approximate surface area is 266 Å². The van der Waals surface area contributed by atoms with E-state index in [1.807, 2.05) is 73.2 Å². The van der Waals surface area contributed by atoms with E-state index in [1.54, 1.807) is 11.1 Å². The van der Waals surface area contributed by atoms with E-state index in [9.17, 15) is 9.59 Å². The second-order valence-corrected chi connectivity index (χ2v) is 11.6. The highest BCUT2D eigenvalue weighted by atomic mass is 16.5. The summed E-state index contributed by atoms with van der Waals surface area (Å²) in [5, 5.41) is 6.16. The molecule has 0 bridgehead atoms. The van der Waals surface area contributed by atoms with Crippen molar-refractivity contribution in [3.8, 4) is 33.9 Å². The molecule has 234 valence electrons. The van der Waals surface area contributed by atoms with E-state index in [4.69, 9.17) is 4.74 Å². The number of carbonyl (C=O) groups is 2. The van der Waals surface area contributed by atoms with Gasteiger partial charge in [-0.3, -0.25) is 4.79 Å². The van der Waals surface area contributed by atoms with Crippen LogP contribution in [-0.2, 0) is 9.53 Å². The molecule has 2 aromatic carbocycles. The summed E-state index contributed by atoms with van der Waals surface area (Å²) in [6, 6.07) is 16.3. The zero-order valence-electron chi connectivity index (χ0n) is 25.4. The summed E-state index contributed by atoms with van der Waals surface area (Å²) in [4.78, 5) is 53.0. The Morgan fingerprint density at radius 3 is 2.24 bits per heavy atom. The van der Waals surface area contributed by atoms with Gasteiger partial charge in [0, 0.05) is 30.1 Å². The van der Waals surface area contributed by atoms with Gasteiger partial charge in [-0.15, -0.1) is 0 Å². The number of methoxy groups -OCH3 is 1. The van der Waals surface area contributed by atoms with Gasteiger partial charge in [-0.2, -0.15) is 0 Å². The van der Waals surface area contributed by atoms with Crippen LogP contribution in [0.1, 0.15) is 61.0 Å². The van der Waals surface area contributed by atoms with Crippen LogP contribution in [0.5, 0.6) is 0 Å². The van der Waals surface area contributed by atoms with Crippen LogP contribution in [0.2, 0.25) is 0 Å². The quantitative estimate of drug-likeness (QED) is 0.187. The Morgan fingerprint density at radius 2 is 1.52 bits per heavy atom. The molecule has 2 saturated heterocycles. The predicted octanol–water partition coefficient (Wildman–Crippen LogP) is 5.11. The van der Waals surface area contributed by atoms with Gasteiger partial charge in [-0.1, -0.05) is 54.6 Å². The van der Waals surface area contributed by atoms with Crippen LogP contribution < -0.4 is 10.6 Å². The number of amides is 2. The highest BCUT2D eigenvalue weighted by Crippen LogP contribution is 2.34. The van der Waals surface area contributed by atoms with E-state index in [1.165, 1.54) is 7.11 Å². The molecular formula is C34H35N9O3. The number of carbonyl (C=O) groups excluding carboxylic acids is 2. The average molecular weight is 618 g/mol. The zero-order valence-corrected chi connectivity index (χ0v) is 25.4. The molecule has 0 radical (unpaired) electrons. The van der Waals surface area contributed by atoms with Crippen LogP contribution >= 0.6 is 0 Å². The number of rotatable bonds is 8. The van der Waals surface area contributed by atoms with Gasteiger partial charge in [0.1, 0.15) is 17.7 Å². The van der Waals surface area contributed by atoms with E-state index in [2.05, 4.69) is 40.5 Å². The van der Waals surface area contributed by atoms with Gasteiger partial charge in [-0.25, -0.2) is 24.7 Å². The molecule has 2 amide bonds. The highest BCUT2D eigenvalue weighted by Gasteiger charge is 2.37. The Kier molecular flexibility index (Phi) is 8.26. The summed E-state index contributed by atoms with van der Waals surface area (Å²) in [7, 11) is 1.28. The van der Waals surface area contributed by atoms with E-state index >= 15 is 0 Å². The zero-order chi connectivity index (χ0) is 31.5. The molecular weight excluding hydrogens is 582 g/mol. The fourth-order valence-electron chi connectivity index (χ4n) is 6.24. The monoisotopic (exact) mass is 617 g/mol.